The minimum absolute atomic E-state index is 0.429. The fourth-order valence-corrected chi connectivity index (χ4v) is 3.03. The SMILES string of the molecule is Cc1cccc2c1OCCCC2NCC1CCOC1. The minimum Gasteiger partial charge on any atom is -0.493 e. The summed E-state index contributed by atoms with van der Waals surface area (Å²) in [5.41, 5.74) is 2.58. The number of hydrogen-bond donors (Lipinski definition) is 1. The number of rotatable bonds is 3. The van der Waals surface area contributed by atoms with Gasteiger partial charge in [-0.15, -0.1) is 0 Å². The Morgan fingerprint density at radius 3 is 3.05 bits per heavy atom. The van der Waals surface area contributed by atoms with Crippen molar-refractivity contribution < 1.29 is 9.47 Å². The molecule has 0 aliphatic carbocycles. The van der Waals surface area contributed by atoms with Gasteiger partial charge in [-0.05, 0) is 37.7 Å². The Hall–Kier alpha value is -1.06. The summed E-state index contributed by atoms with van der Waals surface area (Å²) in [4.78, 5) is 0. The van der Waals surface area contributed by atoms with Crippen LogP contribution in [0.25, 0.3) is 0 Å². The summed E-state index contributed by atoms with van der Waals surface area (Å²) in [6.45, 7) is 5.86. The summed E-state index contributed by atoms with van der Waals surface area (Å²) in [7, 11) is 0. The van der Waals surface area contributed by atoms with Gasteiger partial charge < -0.3 is 14.8 Å². The molecule has 1 N–H and O–H groups in total. The number of fused-ring (bicyclic) bond motifs is 1. The number of benzene rings is 1. The molecule has 0 amide bonds. The molecule has 2 atom stereocenters. The van der Waals surface area contributed by atoms with E-state index in [0.29, 0.717) is 12.0 Å². The quantitative estimate of drug-likeness (QED) is 0.907. The largest absolute Gasteiger partial charge is 0.493 e. The summed E-state index contributed by atoms with van der Waals surface area (Å²) < 4.78 is 11.4. The van der Waals surface area contributed by atoms with Crippen molar-refractivity contribution in [1.29, 1.82) is 0 Å². The molecule has 3 heteroatoms. The lowest BCUT2D eigenvalue weighted by atomic mass is 9.99. The molecule has 2 aliphatic heterocycles. The Kier molecular flexibility index (Phi) is 4.04. The summed E-state index contributed by atoms with van der Waals surface area (Å²) in [5.74, 6) is 1.78. The summed E-state index contributed by atoms with van der Waals surface area (Å²) in [6, 6.07) is 6.90. The van der Waals surface area contributed by atoms with Gasteiger partial charge in [0.2, 0.25) is 0 Å². The van der Waals surface area contributed by atoms with Gasteiger partial charge >= 0.3 is 0 Å². The summed E-state index contributed by atoms with van der Waals surface area (Å²) in [6.07, 6.45) is 3.47. The highest BCUT2D eigenvalue weighted by molar-refractivity contribution is 5.43. The van der Waals surface area contributed by atoms with E-state index in [0.717, 1.165) is 45.0 Å². The first kappa shape index (κ1) is 12.9. The van der Waals surface area contributed by atoms with Crippen molar-refractivity contribution in [3.05, 3.63) is 29.3 Å². The van der Waals surface area contributed by atoms with E-state index >= 15 is 0 Å². The molecular weight excluding hydrogens is 238 g/mol. The molecule has 19 heavy (non-hydrogen) atoms. The van der Waals surface area contributed by atoms with Crippen molar-refractivity contribution in [3.63, 3.8) is 0 Å². The maximum absolute atomic E-state index is 5.92. The Labute approximate surface area is 115 Å². The van der Waals surface area contributed by atoms with Crippen LogP contribution in [0.1, 0.15) is 36.4 Å². The van der Waals surface area contributed by atoms with Crippen molar-refractivity contribution >= 4 is 0 Å². The summed E-state index contributed by atoms with van der Waals surface area (Å²) in [5, 5.41) is 3.73. The first-order valence-corrected chi connectivity index (χ1v) is 7.38. The van der Waals surface area contributed by atoms with Crippen molar-refractivity contribution in [2.24, 2.45) is 5.92 Å². The van der Waals surface area contributed by atoms with E-state index in [1.807, 2.05) is 0 Å². The zero-order valence-corrected chi connectivity index (χ0v) is 11.7. The van der Waals surface area contributed by atoms with Crippen molar-refractivity contribution in [3.8, 4) is 5.75 Å². The topological polar surface area (TPSA) is 30.5 Å². The Morgan fingerprint density at radius 2 is 2.21 bits per heavy atom. The normalized spacial score (nSPS) is 26.6. The predicted molar refractivity (Wildman–Crippen MR) is 75.6 cm³/mol. The van der Waals surface area contributed by atoms with E-state index in [4.69, 9.17) is 9.47 Å². The highest BCUT2D eigenvalue weighted by Crippen LogP contribution is 2.34. The van der Waals surface area contributed by atoms with Crippen LogP contribution in [0.3, 0.4) is 0 Å². The smallest absolute Gasteiger partial charge is 0.126 e. The van der Waals surface area contributed by atoms with Crippen LogP contribution in [-0.2, 0) is 4.74 Å². The van der Waals surface area contributed by atoms with Crippen LogP contribution in [-0.4, -0.2) is 26.4 Å². The van der Waals surface area contributed by atoms with Gasteiger partial charge in [0.15, 0.2) is 0 Å². The van der Waals surface area contributed by atoms with Crippen molar-refractivity contribution in [2.75, 3.05) is 26.4 Å². The first-order valence-electron chi connectivity index (χ1n) is 7.38. The molecule has 2 aliphatic rings. The zero-order valence-electron chi connectivity index (χ0n) is 11.7. The third kappa shape index (κ3) is 2.93. The molecule has 0 spiro atoms. The Balaban J connectivity index is 1.72. The average Bonchev–Trinajstić information content (AvgIpc) is 2.84. The molecule has 1 aromatic carbocycles. The van der Waals surface area contributed by atoms with Crippen LogP contribution in [0.2, 0.25) is 0 Å². The van der Waals surface area contributed by atoms with E-state index in [1.54, 1.807) is 0 Å². The highest BCUT2D eigenvalue weighted by atomic mass is 16.5. The lowest BCUT2D eigenvalue weighted by Crippen LogP contribution is -2.27. The molecule has 104 valence electrons. The van der Waals surface area contributed by atoms with E-state index in [2.05, 4.69) is 30.4 Å². The third-order valence-electron chi connectivity index (χ3n) is 4.18. The number of hydrogen-bond acceptors (Lipinski definition) is 3. The molecule has 1 saturated heterocycles. The Morgan fingerprint density at radius 1 is 1.26 bits per heavy atom. The van der Waals surface area contributed by atoms with Crippen LogP contribution < -0.4 is 10.1 Å². The number of nitrogens with one attached hydrogen (secondary N) is 1. The number of aryl methyl sites for hydroxylation is 1. The van der Waals surface area contributed by atoms with Crippen LogP contribution in [0.5, 0.6) is 5.75 Å². The van der Waals surface area contributed by atoms with Gasteiger partial charge in [0.05, 0.1) is 13.2 Å². The number of ether oxygens (including phenoxy) is 2. The molecule has 1 aromatic rings. The van der Waals surface area contributed by atoms with Gasteiger partial charge in [-0.3, -0.25) is 0 Å². The second kappa shape index (κ2) is 5.93. The molecule has 0 bridgehead atoms. The van der Waals surface area contributed by atoms with Crippen LogP contribution in [0.15, 0.2) is 18.2 Å². The standard InChI is InChI=1S/C16H23NO2/c1-12-4-2-5-14-15(6-3-8-19-16(12)14)17-10-13-7-9-18-11-13/h2,4-5,13,15,17H,3,6-11H2,1H3. The zero-order chi connectivity index (χ0) is 13.1. The second-order valence-electron chi connectivity index (χ2n) is 5.67. The van der Waals surface area contributed by atoms with Crippen molar-refractivity contribution in [2.45, 2.75) is 32.2 Å². The van der Waals surface area contributed by atoms with Gasteiger partial charge in [0, 0.05) is 24.8 Å². The number of para-hydroxylation sites is 1. The Bertz CT molecular complexity index is 427. The minimum atomic E-state index is 0.429. The molecule has 0 saturated carbocycles. The second-order valence-corrected chi connectivity index (χ2v) is 5.67. The molecule has 3 nitrogen and oxygen atoms in total. The van der Waals surface area contributed by atoms with Crippen LogP contribution >= 0.6 is 0 Å². The van der Waals surface area contributed by atoms with Gasteiger partial charge in [-0.1, -0.05) is 18.2 Å². The van der Waals surface area contributed by atoms with Gasteiger partial charge in [-0.25, -0.2) is 0 Å². The van der Waals surface area contributed by atoms with E-state index < -0.39 is 0 Å². The molecule has 2 unspecified atom stereocenters. The van der Waals surface area contributed by atoms with E-state index in [9.17, 15) is 0 Å². The van der Waals surface area contributed by atoms with Crippen LogP contribution in [0.4, 0.5) is 0 Å². The van der Waals surface area contributed by atoms with Gasteiger partial charge in [0.1, 0.15) is 5.75 Å². The fraction of sp³-hybridized carbons (Fsp3) is 0.625. The highest BCUT2D eigenvalue weighted by Gasteiger charge is 2.22. The summed E-state index contributed by atoms with van der Waals surface area (Å²) >= 11 is 0. The van der Waals surface area contributed by atoms with Crippen molar-refractivity contribution in [1.82, 2.24) is 5.32 Å². The average molecular weight is 261 g/mol. The third-order valence-corrected chi connectivity index (χ3v) is 4.18. The van der Waals surface area contributed by atoms with E-state index in [-0.39, 0.29) is 0 Å². The molecule has 0 aromatic heterocycles. The van der Waals surface area contributed by atoms with Gasteiger partial charge in [-0.2, -0.15) is 0 Å². The van der Waals surface area contributed by atoms with Crippen LogP contribution in [0, 0.1) is 12.8 Å². The maximum atomic E-state index is 5.92. The maximum Gasteiger partial charge on any atom is 0.126 e. The molecule has 1 fully saturated rings. The molecular formula is C16H23NO2. The van der Waals surface area contributed by atoms with Gasteiger partial charge in [0.25, 0.3) is 0 Å². The lowest BCUT2D eigenvalue weighted by molar-refractivity contribution is 0.184. The molecule has 0 radical (unpaired) electrons. The molecule has 2 heterocycles. The fourth-order valence-electron chi connectivity index (χ4n) is 3.03. The lowest BCUT2D eigenvalue weighted by Gasteiger charge is -2.21. The predicted octanol–water partition coefficient (Wildman–Crippen LogP) is 2.83. The first-order chi connectivity index (χ1) is 9.34. The monoisotopic (exact) mass is 261 g/mol. The molecule has 3 rings (SSSR count). The van der Waals surface area contributed by atoms with E-state index in [1.165, 1.54) is 17.5 Å².